The van der Waals surface area contributed by atoms with Gasteiger partial charge in [-0.2, -0.15) is 0 Å². The van der Waals surface area contributed by atoms with Crippen molar-refractivity contribution in [3.63, 3.8) is 0 Å². The van der Waals surface area contributed by atoms with Crippen molar-refractivity contribution in [1.82, 2.24) is 4.90 Å². The maximum atomic E-state index is 6.11. The zero-order valence-corrected chi connectivity index (χ0v) is 11.2. The van der Waals surface area contributed by atoms with Gasteiger partial charge in [-0.1, -0.05) is 13.8 Å². The van der Waals surface area contributed by atoms with Gasteiger partial charge in [-0.3, -0.25) is 4.90 Å². The maximum absolute atomic E-state index is 6.11. The predicted octanol–water partition coefficient (Wildman–Crippen LogP) is 2.77. The molecule has 2 aliphatic heterocycles. The number of nitrogens with two attached hydrogens (primary N) is 1. The molecule has 2 heteroatoms. The van der Waals surface area contributed by atoms with Crippen LogP contribution in [0.25, 0.3) is 0 Å². The topological polar surface area (TPSA) is 29.3 Å². The first-order valence-electron chi connectivity index (χ1n) is 7.11. The minimum absolute atomic E-state index is 0.478. The Morgan fingerprint density at radius 1 is 1.06 bits per heavy atom. The summed E-state index contributed by atoms with van der Waals surface area (Å²) in [5, 5.41) is 0. The lowest BCUT2D eigenvalue weighted by Gasteiger charge is -2.41. The molecule has 2 bridgehead atoms. The Balaban J connectivity index is 1.89. The van der Waals surface area contributed by atoms with Crippen LogP contribution in [0.5, 0.6) is 0 Å². The van der Waals surface area contributed by atoms with Gasteiger partial charge in [0.15, 0.2) is 0 Å². The van der Waals surface area contributed by atoms with E-state index in [0.29, 0.717) is 6.04 Å². The predicted molar refractivity (Wildman–Crippen MR) is 69.4 cm³/mol. The Morgan fingerprint density at radius 2 is 1.62 bits per heavy atom. The normalized spacial score (nSPS) is 36.9. The largest absolute Gasteiger partial charge is 0.328 e. The van der Waals surface area contributed by atoms with Crippen molar-refractivity contribution in [2.75, 3.05) is 0 Å². The lowest BCUT2D eigenvalue weighted by molar-refractivity contribution is 0.0786. The van der Waals surface area contributed by atoms with Crippen molar-refractivity contribution in [3.8, 4) is 0 Å². The summed E-state index contributed by atoms with van der Waals surface area (Å²) in [5.74, 6) is 0.840. The van der Waals surface area contributed by atoms with Crippen LogP contribution in [0, 0.1) is 5.92 Å². The molecule has 2 heterocycles. The average Bonchev–Trinajstić information content (AvgIpc) is 2.48. The van der Waals surface area contributed by atoms with E-state index in [9.17, 15) is 0 Å². The fraction of sp³-hybridized carbons (Fsp3) is 1.00. The van der Waals surface area contributed by atoms with Gasteiger partial charge in [-0.15, -0.1) is 0 Å². The molecule has 2 rings (SSSR count). The van der Waals surface area contributed by atoms with E-state index in [-0.39, 0.29) is 0 Å². The van der Waals surface area contributed by atoms with Gasteiger partial charge in [0, 0.05) is 24.2 Å². The van der Waals surface area contributed by atoms with Crippen LogP contribution in [0.15, 0.2) is 0 Å². The summed E-state index contributed by atoms with van der Waals surface area (Å²) in [6, 6.07) is 2.85. The summed E-state index contributed by atoms with van der Waals surface area (Å²) in [6.45, 7) is 7.07. The molecule has 2 N–H and O–H groups in total. The number of hydrogen-bond donors (Lipinski definition) is 1. The Kier molecular flexibility index (Phi) is 3.91. The van der Waals surface area contributed by atoms with Gasteiger partial charge in [0.05, 0.1) is 0 Å². The zero-order valence-electron chi connectivity index (χ0n) is 11.2. The van der Waals surface area contributed by atoms with Crippen LogP contribution in [0.1, 0.15) is 59.3 Å². The van der Waals surface area contributed by atoms with E-state index in [2.05, 4.69) is 25.7 Å². The first-order valence-corrected chi connectivity index (χ1v) is 7.11. The molecule has 2 fully saturated rings. The summed E-state index contributed by atoms with van der Waals surface area (Å²) in [5.41, 5.74) is 6.11. The van der Waals surface area contributed by atoms with E-state index in [1.54, 1.807) is 0 Å². The molecular weight excluding hydrogens is 196 g/mol. The third-order valence-corrected chi connectivity index (χ3v) is 4.50. The van der Waals surface area contributed by atoms with Crippen molar-refractivity contribution in [2.45, 2.75) is 83.5 Å². The highest BCUT2D eigenvalue weighted by molar-refractivity contribution is 4.98. The average molecular weight is 224 g/mol. The van der Waals surface area contributed by atoms with Gasteiger partial charge in [0.25, 0.3) is 0 Å². The van der Waals surface area contributed by atoms with Crippen LogP contribution >= 0.6 is 0 Å². The van der Waals surface area contributed by atoms with E-state index < -0.39 is 0 Å². The van der Waals surface area contributed by atoms with E-state index in [1.165, 1.54) is 38.5 Å². The third-order valence-electron chi connectivity index (χ3n) is 4.50. The van der Waals surface area contributed by atoms with Crippen molar-refractivity contribution in [3.05, 3.63) is 0 Å². The van der Waals surface area contributed by atoms with E-state index >= 15 is 0 Å². The van der Waals surface area contributed by atoms with Crippen LogP contribution in [-0.4, -0.2) is 29.1 Å². The Morgan fingerprint density at radius 3 is 2.12 bits per heavy atom. The fourth-order valence-electron chi connectivity index (χ4n) is 3.70. The lowest BCUT2D eigenvalue weighted by atomic mass is 9.94. The second-order valence-corrected chi connectivity index (χ2v) is 6.38. The van der Waals surface area contributed by atoms with Crippen molar-refractivity contribution in [2.24, 2.45) is 11.7 Å². The molecule has 94 valence electrons. The fourth-order valence-corrected chi connectivity index (χ4v) is 3.70. The quantitative estimate of drug-likeness (QED) is 0.795. The number of rotatable bonds is 4. The van der Waals surface area contributed by atoms with Gasteiger partial charge in [0.1, 0.15) is 0 Å². The van der Waals surface area contributed by atoms with Crippen LogP contribution in [-0.2, 0) is 0 Å². The smallest absolute Gasteiger partial charge is 0.0116 e. The first-order chi connectivity index (χ1) is 7.58. The van der Waals surface area contributed by atoms with E-state index in [1.807, 2.05) is 0 Å². The second-order valence-electron chi connectivity index (χ2n) is 6.38. The molecule has 0 aromatic rings. The van der Waals surface area contributed by atoms with E-state index in [0.717, 1.165) is 24.0 Å². The molecular formula is C14H28N2. The molecule has 0 aromatic heterocycles. The molecule has 16 heavy (non-hydrogen) atoms. The number of fused-ring (bicyclic) bond motifs is 2. The highest BCUT2D eigenvalue weighted by Gasteiger charge is 2.41. The van der Waals surface area contributed by atoms with Crippen molar-refractivity contribution < 1.29 is 0 Å². The highest BCUT2D eigenvalue weighted by Crippen LogP contribution is 2.37. The monoisotopic (exact) mass is 224 g/mol. The van der Waals surface area contributed by atoms with Gasteiger partial charge in [-0.05, 0) is 51.4 Å². The third kappa shape index (κ3) is 2.60. The summed E-state index contributed by atoms with van der Waals surface area (Å²) in [6.07, 6.45) is 7.99. The summed E-state index contributed by atoms with van der Waals surface area (Å²) in [7, 11) is 0. The maximum Gasteiger partial charge on any atom is 0.0116 e. The summed E-state index contributed by atoms with van der Waals surface area (Å²) < 4.78 is 0. The molecule has 0 spiro atoms. The Bertz CT molecular complexity index is 213. The molecule has 3 unspecified atom stereocenters. The molecule has 0 aromatic carbocycles. The molecule has 3 atom stereocenters. The number of hydrogen-bond acceptors (Lipinski definition) is 2. The van der Waals surface area contributed by atoms with Gasteiger partial charge in [-0.25, -0.2) is 0 Å². The molecule has 2 saturated heterocycles. The highest BCUT2D eigenvalue weighted by atomic mass is 15.2. The molecule has 0 amide bonds. The SMILES string of the molecule is CC(C)CCC(C)N1C2CCC1CC(N)C2. The summed E-state index contributed by atoms with van der Waals surface area (Å²) >= 11 is 0. The second kappa shape index (κ2) is 5.05. The van der Waals surface area contributed by atoms with Crippen LogP contribution in [0.4, 0.5) is 0 Å². The number of piperidine rings is 1. The van der Waals surface area contributed by atoms with Gasteiger partial charge < -0.3 is 5.73 Å². The molecule has 0 aliphatic carbocycles. The lowest BCUT2D eigenvalue weighted by Crippen LogP contribution is -2.51. The molecule has 2 aliphatic rings. The van der Waals surface area contributed by atoms with Crippen LogP contribution < -0.4 is 5.73 Å². The minimum atomic E-state index is 0.478. The van der Waals surface area contributed by atoms with E-state index in [4.69, 9.17) is 5.73 Å². The minimum Gasteiger partial charge on any atom is -0.328 e. The van der Waals surface area contributed by atoms with Crippen molar-refractivity contribution >= 4 is 0 Å². The Labute approximate surface area is 101 Å². The first kappa shape index (κ1) is 12.4. The standard InChI is InChI=1S/C14H28N2/c1-10(2)4-5-11(3)16-13-6-7-14(16)9-12(15)8-13/h10-14H,4-9,15H2,1-3H3. The van der Waals surface area contributed by atoms with Crippen LogP contribution in [0.2, 0.25) is 0 Å². The molecule has 0 radical (unpaired) electrons. The Hall–Kier alpha value is -0.0800. The summed E-state index contributed by atoms with van der Waals surface area (Å²) in [4.78, 5) is 2.80. The van der Waals surface area contributed by atoms with Gasteiger partial charge >= 0.3 is 0 Å². The van der Waals surface area contributed by atoms with Crippen molar-refractivity contribution in [1.29, 1.82) is 0 Å². The zero-order chi connectivity index (χ0) is 11.7. The van der Waals surface area contributed by atoms with Gasteiger partial charge in [0.2, 0.25) is 0 Å². The van der Waals surface area contributed by atoms with Crippen LogP contribution in [0.3, 0.4) is 0 Å². The number of nitrogens with zero attached hydrogens (tertiary/aromatic N) is 1. The molecule has 2 nitrogen and oxygen atoms in total. The molecule has 0 saturated carbocycles.